The lowest BCUT2D eigenvalue weighted by Gasteiger charge is -2.04. The van der Waals surface area contributed by atoms with Crippen LogP contribution in [-0.2, 0) is 0 Å². The number of aryl methyl sites for hydroxylation is 1. The van der Waals surface area contributed by atoms with E-state index in [2.05, 4.69) is 15.3 Å². The van der Waals surface area contributed by atoms with E-state index in [9.17, 15) is 14.0 Å². The number of nitrogens with one attached hydrogen (secondary N) is 2. The summed E-state index contributed by atoms with van der Waals surface area (Å²) < 4.78 is 12.8. The molecule has 0 spiro atoms. The van der Waals surface area contributed by atoms with Crippen molar-refractivity contribution in [3.05, 3.63) is 57.2 Å². The number of hydrogen-bond acceptors (Lipinski definition) is 4. The fourth-order valence-corrected chi connectivity index (χ4v) is 3.06. The largest absolute Gasteiger partial charge is 0.321 e. The second-order valence-electron chi connectivity index (χ2n) is 4.43. The van der Waals surface area contributed by atoms with Crippen LogP contribution in [0.3, 0.4) is 0 Å². The zero-order chi connectivity index (χ0) is 15.0. The number of fused-ring (bicyclic) bond motifs is 1. The van der Waals surface area contributed by atoms with Crippen LogP contribution < -0.4 is 10.9 Å². The highest BCUT2D eigenvalue weighted by Crippen LogP contribution is 2.27. The van der Waals surface area contributed by atoms with Gasteiger partial charge in [0.1, 0.15) is 10.6 Å². The Morgan fingerprint density at radius 1 is 1.33 bits per heavy atom. The number of aromatic amines is 1. The summed E-state index contributed by atoms with van der Waals surface area (Å²) in [6.45, 7) is 1.70. The molecular weight excluding hydrogens is 293 g/mol. The molecule has 0 aliphatic heterocycles. The SMILES string of the molecule is Cc1c(C(=O)Nc2ccc(F)cc2)sc2nc[nH]c(=O)c12. The fraction of sp³-hybridized carbons (Fsp3) is 0.0714. The van der Waals surface area contributed by atoms with E-state index in [1.54, 1.807) is 6.92 Å². The van der Waals surface area contributed by atoms with Crippen LogP contribution >= 0.6 is 11.3 Å². The zero-order valence-electron chi connectivity index (χ0n) is 10.9. The van der Waals surface area contributed by atoms with E-state index in [-0.39, 0.29) is 17.3 Å². The molecule has 2 N–H and O–H groups in total. The molecule has 2 aromatic heterocycles. The van der Waals surface area contributed by atoms with Crippen LogP contribution in [0.25, 0.3) is 10.2 Å². The average Bonchev–Trinajstić information content (AvgIpc) is 2.80. The number of carbonyl (C=O) groups is 1. The van der Waals surface area contributed by atoms with Gasteiger partial charge in [-0.25, -0.2) is 9.37 Å². The predicted octanol–water partition coefficient (Wildman–Crippen LogP) is 2.68. The number of benzene rings is 1. The quantitative estimate of drug-likeness (QED) is 0.764. The Morgan fingerprint density at radius 3 is 2.71 bits per heavy atom. The van der Waals surface area contributed by atoms with Gasteiger partial charge in [0.05, 0.1) is 16.6 Å². The number of thiophene rings is 1. The van der Waals surface area contributed by atoms with E-state index in [1.165, 1.54) is 30.6 Å². The monoisotopic (exact) mass is 303 g/mol. The number of anilines is 1. The summed E-state index contributed by atoms with van der Waals surface area (Å²) in [5.74, 6) is -0.719. The average molecular weight is 303 g/mol. The van der Waals surface area contributed by atoms with Gasteiger partial charge >= 0.3 is 0 Å². The fourth-order valence-electron chi connectivity index (χ4n) is 2.02. The summed E-state index contributed by atoms with van der Waals surface area (Å²) in [5, 5.41) is 3.09. The highest BCUT2D eigenvalue weighted by Gasteiger charge is 2.18. The topological polar surface area (TPSA) is 74.8 Å². The lowest BCUT2D eigenvalue weighted by atomic mass is 10.2. The number of aromatic nitrogens is 2. The first-order valence-corrected chi connectivity index (χ1v) is 6.91. The van der Waals surface area contributed by atoms with Gasteiger partial charge in [-0.3, -0.25) is 9.59 Å². The number of hydrogen-bond donors (Lipinski definition) is 2. The molecule has 0 bridgehead atoms. The molecule has 0 saturated heterocycles. The standard InChI is InChI=1S/C14H10FN3O2S/c1-7-10-12(19)16-6-17-14(10)21-11(7)13(20)18-9-4-2-8(15)3-5-9/h2-6H,1H3,(H,18,20)(H,16,17,19). The Hall–Kier alpha value is -2.54. The lowest BCUT2D eigenvalue weighted by molar-refractivity contribution is 0.103. The second-order valence-corrected chi connectivity index (χ2v) is 5.43. The van der Waals surface area contributed by atoms with E-state index < -0.39 is 0 Å². The van der Waals surface area contributed by atoms with Gasteiger partial charge in [-0.15, -0.1) is 11.3 Å². The molecular formula is C14H10FN3O2S. The first-order chi connectivity index (χ1) is 10.1. The van der Waals surface area contributed by atoms with Crippen molar-refractivity contribution in [3.63, 3.8) is 0 Å². The van der Waals surface area contributed by atoms with Crippen LogP contribution in [0.4, 0.5) is 10.1 Å². The van der Waals surface area contributed by atoms with Gasteiger partial charge < -0.3 is 10.3 Å². The van der Waals surface area contributed by atoms with Crippen molar-refractivity contribution < 1.29 is 9.18 Å². The lowest BCUT2D eigenvalue weighted by Crippen LogP contribution is -2.12. The molecule has 106 valence electrons. The van der Waals surface area contributed by atoms with E-state index >= 15 is 0 Å². The number of carbonyl (C=O) groups excluding carboxylic acids is 1. The summed E-state index contributed by atoms with van der Waals surface area (Å²) >= 11 is 1.15. The van der Waals surface area contributed by atoms with Crippen molar-refractivity contribution in [2.75, 3.05) is 5.32 Å². The number of nitrogens with zero attached hydrogens (tertiary/aromatic N) is 1. The van der Waals surface area contributed by atoms with E-state index in [0.29, 0.717) is 26.3 Å². The third kappa shape index (κ3) is 2.43. The van der Waals surface area contributed by atoms with Crippen LogP contribution in [-0.4, -0.2) is 15.9 Å². The Labute approximate surface area is 122 Å². The number of amides is 1. The van der Waals surface area contributed by atoms with Crippen molar-refractivity contribution in [3.8, 4) is 0 Å². The van der Waals surface area contributed by atoms with Crippen LogP contribution in [0, 0.1) is 12.7 Å². The number of halogens is 1. The third-order valence-corrected chi connectivity index (χ3v) is 4.24. The van der Waals surface area contributed by atoms with Crippen LogP contribution in [0.15, 0.2) is 35.4 Å². The molecule has 3 rings (SSSR count). The molecule has 0 radical (unpaired) electrons. The minimum absolute atomic E-state index is 0.269. The Balaban J connectivity index is 1.98. The van der Waals surface area contributed by atoms with Crippen LogP contribution in [0.1, 0.15) is 15.2 Å². The number of rotatable bonds is 2. The summed E-state index contributed by atoms with van der Waals surface area (Å²) in [6.07, 6.45) is 1.31. The maximum absolute atomic E-state index is 12.8. The maximum atomic E-state index is 12.8. The minimum Gasteiger partial charge on any atom is -0.321 e. The summed E-state index contributed by atoms with van der Waals surface area (Å²) in [6, 6.07) is 5.47. The molecule has 0 saturated carbocycles. The van der Waals surface area contributed by atoms with Gasteiger partial charge in [-0.2, -0.15) is 0 Å². The van der Waals surface area contributed by atoms with Crippen molar-refractivity contribution in [2.45, 2.75) is 6.92 Å². The molecule has 21 heavy (non-hydrogen) atoms. The van der Waals surface area contributed by atoms with Crippen LogP contribution in [0.5, 0.6) is 0 Å². The van der Waals surface area contributed by atoms with Gasteiger partial charge in [0.2, 0.25) is 0 Å². The first-order valence-electron chi connectivity index (χ1n) is 6.10. The van der Waals surface area contributed by atoms with Crippen LogP contribution in [0.2, 0.25) is 0 Å². The first kappa shape index (κ1) is 13.4. The molecule has 0 unspecified atom stereocenters. The molecule has 1 aromatic carbocycles. The molecule has 0 fully saturated rings. The molecule has 0 aliphatic carbocycles. The predicted molar refractivity (Wildman–Crippen MR) is 79.3 cm³/mol. The summed E-state index contributed by atoms with van der Waals surface area (Å²) in [7, 11) is 0. The Kier molecular flexibility index (Phi) is 3.26. The molecule has 7 heteroatoms. The number of H-pyrrole nitrogens is 1. The van der Waals surface area contributed by atoms with E-state index in [4.69, 9.17) is 0 Å². The van der Waals surface area contributed by atoms with Gasteiger partial charge in [0.15, 0.2) is 0 Å². The van der Waals surface area contributed by atoms with E-state index in [0.717, 1.165) is 11.3 Å². The van der Waals surface area contributed by atoms with Crippen molar-refractivity contribution >= 4 is 33.1 Å². The third-order valence-electron chi connectivity index (χ3n) is 3.04. The van der Waals surface area contributed by atoms with Gasteiger partial charge in [-0.1, -0.05) is 0 Å². The summed E-state index contributed by atoms with van der Waals surface area (Å²) in [4.78, 5) is 31.5. The van der Waals surface area contributed by atoms with Gasteiger partial charge in [-0.05, 0) is 36.8 Å². The van der Waals surface area contributed by atoms with E-state index in [1.807, 2.05) is 0 Å². The molecule has 3 aromatic rings. The normalized spacial score (nSPS) is 10.8. The zero-order valence-corrected chi connectivity index (χ0v) is 11.8. The highest BCUT2D eigenvalue weighted by molar-refractivity contribution is 7.20. The maximum Gasteiger partial charge on any atom is 0.266 e. The molecule has 5 nitrogen and oxygen atoms in total. The molecule has 2 heterocycles. The smallest absolute Gasteiger partial charge is 0.266 e. The van der Waals surface area contributed by atoms with Crippen molar-refractivity contribution in [2.24, 2.45) is 0 Å². The highest BCUT2D eigenvalue weighted by atomic mass is 32.1. The second kappa shape index (κ2) is 5.10. The Morgan fingerprint density at radius 2 is 2.05 bits per heavy atom. The Bertz CT molecular complexity index is 883. The van der Waals surface area contributed by atoms with Gasteiger partial charge in [0.25, 0.3) is 11.5 Å². The van der Waals surface area contributed by atoms with Crippen molar-refractivity contribution in [1.82, 2.24) is 9.97 Å². The molecule has 0 atom stereocenters. The molecule has 0 aliphatic rings. The summed E-state index contributed by atoms with van der Waals surface area (Å²) in [5.41, 5.74) is 0.804. The van der Waals surface area contributed by atoms with Gasteiger partial charge in [0, 0.05) is 5.69 Å². The minimum atomic E-state index is -0.373. The van der Waals surface area contributed by atoms with Crippen molar-refractivity contribution in [1.29, 1.82) is 0 Å². The molecule has 1 amide bonds.